The summed E-state index contributed by atoms with van der Waals surface area (Å²) in [6.45, 7) is -0.225. The van der Waals surface area contributed by atoms with E-state index in [1.807, 2.05) is 22.6 Å². The van der Waals surface area contributed by atoms with Gasteiger partial charge in [-0.25, -0.2) is 4.39 Å². The predicted molar refractivity (Wildman–Crippen MR) is 97.9 cm³/mol. The summed E-state index contributed by atoms with van der Waals surface area (Å²) in [7, 11) is 1.23. The van der Waals surface area contributed by atoms with Crippen molar-refractivity contribution < 1.29 is 23.5 Å². The minimum atomic E-state index is -0.550. The summed E-state index contributed by atoms with van der Waals surface area (Å²) in [5.74, 6) is -1.78. The molecule has 25 heavy (non-hydrogen) atoms. The molecule has 0 aromatic heterocycles. The van der Waals surface area contributed by atoms with Crippen LogP contribution in [0.3, 0.4) is 0 Å². The molecule has 0 aliphatic rings. The highest BCUT2D eigenvalue weighted by Gasteiger charge is 2.12. The van der Waals surface area contributed by atoms with Crippen LogP contribution in [0.1, 0.15) is 20.7 Å². The van der Waals surface area contributed by atoms with Gasteiger partial charge in [-0.1, -0.05) is 0 Å². The van der Waals surface area contributed by atoms with Crippen LogP contribution in [-0.4, -0.2) is 31.4 Å². The maximum Gasteiger partial charge on any atom is 0.325 e. The van der Waals surface area contributed by atoms with Crippen molar-refractivity contribution in [3.8, 4) is 0 Å². The van der Waals surface area contributed by atoms with Crippen molar-refractivity contribution >= 4 is 46.1 Å². The first-order chi connectivity index (χ1) is 11.9. The number of benzene rings is 2. The number of esters is 1. The molecule has 2 N–H and O–H groups in total. The van der Waals surface area contributed by atoms with Crippen molar-refractivity contribution in [3.63, 3.8) is 0 Å². The van der Waals surface area contributed by atoms with Gasteiger partial charge in [0.1, 0.15) is 12.4 Å². The molecule has 0 heterocycles. The number of nitrogens with one attached hydrogen (secondary N) is 2. The molecular weight excluding hydrogens is 442 g/mol. The van der Waals surface area contributed by atoms with Gasteiger partial charge in [-0.15, -0.1) is 0 Å². The highest BCUT2D eigenvalue weighted by Crippen LogP contribution is 2.17. The van der Waals surface area contributed by atoms with E-state index in [0.717, 1.165) is 0 Å². The standard InChI is InChI=1S/C17H14FIN2O4/c1-25-15(22)9-20-16(23)10-2-5-12(6-3-10)21-17(24)13-7-4-11(18)8-14(13)19/h2-8H,9H2,1H3,(H,20,23)(H,21,24). The molecule has 0 saturated carbocycles. The second-order valence-corrected chi connectivity index (χ2v) is 6.08. The number of anilines is 1. The highest BCUT2D eigenvalue weighted by atomic mass is 127. The van der Waals surface area contributed by atoms with Crippen molar-refractivity contribution in [2.24, 2.45) is 0 Å². The number of ether oxygens (including phenoxy) is 1. The molecule has 0 atom stereocenters. The molecule has 2 aromatic rings. The predicted octanol–water partition coefficient (Wildman–Crippen LogP) is 2.59. The zero-order chi connectivity index (χ0) is 18.4. The summed E-state index contributed by atoms with van der Waals surface area (Å²) in [6, 6.07) is 10.0. The van der Waals surface area contributed by atoms with Crippen molar-refractivity contribution in [2.75, 3.05) is 19.0 Å². The number of amides is 2. The lowest BCUT2D eigenvalue weighted by Crippen LogP contribution is -2.30. The van der Waals surface area contributed by atoms with Crippen LogP contribution in [0.2, 0.25) is 0 Å². The van der Waals surface area contributed by atoms with Crippen LogP contribution >= 0.6 is 22.6 Å². The van der Waals surface area contributed by atoms with E-state index in [1.54, 1.807) is 12.1 Å². The molecule has 130 valence electrons. The fourth-order valence-corrected chi connectivity index (χ4v) is 2.63. The van der Waals surface area contributed by atoms with E-state index in [2.05, 4.69) is 15.4 Å². The average Bonchev–Trinajstić information content (AvgIpc) is 2.59. The summed E-state index contributed by atoms with van der Waals surface area (Å²) >= 11 is 1.88. The van der Waals surface area contributed by atoms with Crippen molar-refractivity contribution in [2.45, 2.75) is 0 Å². The van der Waals surface area contributed by atoms with E-state index >= 15 is 0 Å². The Morgan fingerprint density at radius 2 is 1.76 bits per heavy atom. The molecule has 0 radical (unpaired) electrons. The summed E-state index contributed by atoms with van der Waals surface area (Å²) in [4.78, 5) is 35.1. The zero-order valence-corrected chi connectivity index (χ0v) is 15.3. The Hall–Kier alpha value is -2.49. The first-order valence-corrected chi connectivity index (χ1v) is 8.20. The SMILES string of the molecule is COC(=O)CNC(=O)c1ccc(NC(=O)c2ccc(F)cc2I)cc1. The van der Waals surface area contributed by atoms with Crippen LogP contribution in [0.25, 0.3) is 0 Å². The Bertz CT molecular complexity index is 809. The molecule has 0 saturated heterocycles. The maximum absolute atomic E-state index is 13.1. The summed E-state index contributed by atoms with van der Waals surface area (Å²) in [5.41, 5.74) is 1.16. The van der Waals surface area contributed by atoms with Gasteiger partial charge >= 0.3 is 5.97 Å². The third-order valence-electron chi connectivity index (χ3n) is 3.20. The fraction of sp³-hybridized carbons (Fsp3) is 0.118. The monoisotopic (exact) mass is 456 g/mol. The molecule has 2 amide bonds. The largest absolute Gasteiger partial charge is 0.468 e. The molecule has 2 aromatic carbocycles. The Kier molecular flexibility index (Phi) is 6.45. The number of rotatable bonds is 5. The average molecular weight is 456 g/mol. The van der Waals surface area contributed by atoms with Gasteiger partial charge < -0.3 is 15.4 Å². The van der Waals surface area contributed by atoms with E-state index in [4.69, 9.17) is 0 Å². The van der Waals surface area contributed by atoms with Crippen LogP contribution in [0.15, 0.2) is 42.5 Å². The van der Waals surface area contributed by atoms with Gasteiger partial charge in [0.25, 0.3) is 11.8 Å². The molecule has 0 fully saturated rings. The normalized spacial score (nSPS) is 10.0. The van der Waals surface area contributed by atoms with Crippen LogP contribution in [0.5, 0.6) is 0 Å². The molecule has 0 aliphatic heterocycles. The third-order valence-corrected chi connectivity index (χ3v) is 4.09. The minimum Gasteiger partial charge on any atom is -0.468 e. The third kappa shape index (κ3) is 5.24. The van der Waals surface area contributed by atoms with Crippen LogP contribution in [0.4, 0.5) is 10.1 Å². The number of methoxy groups -OCH3 is 1. The highest BCUT2D eigenvalue weighted by molar-refractivity contribution is 14.1. The molecule has 2 rings (SSSR count). The summed E-state index contributed by atoms with van der Waals surface area (Å²) < 4.78 is 18.0. The quantitative estimate of drug-likeness (QED) is 0.536. The second-order valence-electron chi connectivity index (χ2n) is 4.91. The van der Waals surface area contributed by atoms with Gasteiger partial charge in [-0.3, -0.25) is 14.4 Å². The lowest BCUT2D eigenvalue weighted by atomic mass is 10.1. The van der Waals surface area contributed by atoms with Gasteiger partial charge in [-0.05, 0) is 65.1 Å². The number of hydrogen-bond acceptors (Lipinski definition) is 4. The number of carbonyl (C=O) groups is 3. The minimum absolute atomic E-state index is 0.225. The van der Waals surface area contributed by atoms with E-state index < -0.39 is 17.7 Å². The van der Waals surface area contributed by atoms with E-state index in [1.165, 1.54) is 37.4 Å². The van der Waals surface area contributed by atoms with Crippen LogP contribution in [-0.2, 0) is 9.53 Å². The Morgan fingerprint density at radius 1 is 1.08 bits per heavy atom. The summed E-state index contributed by atoms with van der Waals surface area (Å²) in [5, 5.41) is 5.08. The van der Waals surface area contributed by atoms with E-state index in [0.29, 0.717) is 20.4 Å². The van der Waals surface area contributed by atoms with E-state index in [9.17, 15) is 18.8 Å². The van der Waals surface area contributed by atoms with Gasteiger partial charge in [0.05, 0.1) is 12.7 Å². The smallest absolute Gasteiger partial charge is 0.325 e. The van der Waals surface area contributed by atoms with E-state index in [-0.39, 0.29) is 12.5 Å². The van der Waals surface area contributed by atoms with Crippen molar-refractivity contribution in [1.29, 1.82) is 0 Å². The van der Waals surface area contributed by atoms with Crippen LogP contribution in [0, 0.1) is 9.39 Å². The first-order valence-electron chi connectivity index (χ1n) is 7.12. The molecule has 0 aliphatic carbocycles. The number of hydrogen-bond donors (Lipinski definition) is 2. The van der Waals surface area contributed by atoms with Crippen molar-refractivity contribution in [3.05, 3.63) is 63.0 Å². The first kappa shape index (κ1) is 18.8. The maximum atomic E-state index is 13.1. The topological polar surface area (TPSA) is 84.5 Å². The zero-order valence-electron chi connectivity index (χ0n) is 13.1. The Labute approximate surface area is 156 Å². The lowest BCUT2D eigenvalue weighted by molar-refractivity contribution is -0.139. The Morgan fingerprint density at radius 3 is 2.36 bits per heavy atom. The Balaban J connectivity index is 2.01. The molecule has 6 nitrogen and oxygen atoms in total. The molecule has 8 heteroatoms. The molecule has 0 bridgehead atoms. The number of halogens is 2. The van der Waals surface area contributed by atoms with Gasteiger partial charge in [0, 0.05) is 14.8 Å². The fourth-order valence-electron chi connectivity index (χ4n) is 1.90. The van der Waals surface area contributed by atoms with Crippen molar-refractivity contribution in [1.82, 2.24) is 5.32 Å². The van der Waals surface area contributed by atoms with Crippen LogP contribution < -0.4 is 10.6 Å². The molecular formula is C17H14FIN2O4. The molecule has 0 spiro atoms. The summed E-state index contributed by atoms with van der Waals surface area (Å²) in [6.07, 6.45) is 0. The second kappa shape index (κ2) is 8.56. The van der Waals surface area contributed by atoms with Gasteiger partial charge in [0.15, 0.2) is 0 Å². The molecule has 0 unspecified atom stereocenters. The van der Waals surface area contributed by atoms with Gasteiger partial charge in [0.2, 0.25) is 0 Å². The number of carbonyl (C=O) groups excluding carboxylic acids is 3. The lowest BCUT2D eigenvalue weighted by Gasteiger charge is -2.08. The van der Waals surface area contributed by atoms with Gasteiger partial charge in [-0.2, -0.15) is 0 Å².